The predicted molar refractivity (Wildman–Crippen MR) is 77.2 cm³/mol. The van der Waals surface area contributed by atoms with Crippen LogP contribution in [0.4, 0.5) is 0 Å². The number of carboxylic acid groups (broad SMARTS) is 1. The van der Waals surface area contributed by atoms with E-state index in [4.69, 9.17) is 5.11 Å². The van der Waals surface area contributed by atoms with Gasteiger partial charge in [-0.05, 0) is 60.1 Å². The van der Waals surface area contributed by atoms with Crippen LogP contribution in [0.3, 0.4) is 0 Å². The highest BCUT2D eigenvalue weighted by molar-refractivity contribution is 7.15. The van der Waals surface area contributed by atoms with Gasteiger partial charge in [0.25, 0.3) is 0 Å². The van der Waals surface area contributed by atoms with Crippen LogP contribution < -0.4 is 0 Å². The summed E-state index contributed by atoms with van der Waals surface area (Å²) >= 11 is 1.75. The van der Waals surface area contributed by atoms with E-state index in [9.17, 15) is 4.79 Å². The number of aromatic nitrogens is 4. The molecule has 0 aromatic carbocycles. The Balaban J connectivity index is 1.70. The van der Waals surface area contributed by atoms with Gasteiger partial charge in [-0.2, -0.15) is 0 Å². The summed E-state index contributed by atoms with van der Waals surface area (Å²) in [4.78, 5) is 13.6. The Kier molecular flexibility index (Phi) is 3.02. The van der Waals surface area contributed by atoms with Gasteiger partial charge in [0.15, 0.2) is 5.82 Å². The van der Waals surface area contributed by atoms with Crippen molar-refractivity contribution in [2.75, 3.05) is 0 Å². The van der Waals surface area contributed by atoms with Crippen LogP contribution in [-0.2, 0) is 17.6 Å². The molecule has 1 N–H and O–H groups in total. The molecule has 1 fully saturated rings. The fraction of sp³-hybridized carbons (Fsp3) is 0.571. The zero-order valence-electron chi connectivity index (χ0n) is 11.5. The maximum absolute atomic E-state index is 11.1. The largest absolute Gasteiger partial charge is 0.481 e. The lowest BCUT2D eigenvalue weighted by atomic mass is 10.1. The molecule has 2 aliphatic rings. The van der Waals surface area contributed by atoms with Gasteiger partial charge in [-0.25, -0.2) is 4.68 Å². The van der Waals surface area contributed by atoms with E-state index < -0.39 is 5.97 Å². The van der Waals surface area contributed by atoms with Crippen molar-refractivity contribution in [3.05, 3.63) is 16.5 Å². The first kappa shape index (κ1) is 12.9. The average Bonchev–Trinajstić information content (AvgIpc) is 2.85. The summed E-state index contributed by atoms with van der Waals surface area (Å²) in [6.45, 7) is 0. The van der Waals surface area contributed by atoms with Gasteiger partial charge < -0.3 is 5.11 Å². The minimum absolute atomic E-state index is 0.0911. The first-order valence-electron chi connectivity index (χ1n) is 7.34. The Morgan fingerprint density at radius 3 is 3.05 bits per heavy atom. The summed E-state index contributed by atoms with van der Waals surface area (Å²) in [7, 11) is 0. The number of aryl methyl sites for hydroxylation is 2. The number of fused-ring (bicyclic) bond motifs is 1. The molecule has 1 saturated carbocycles. The van der Waals surface area contributed by atoms with Crippen molar-refractivity contribution in [1.29, 1.82) is 0 Å². The predicted octanol–water partition coefficient (Wildman–Crippen LogP) is 2.32. The molecule has 0 aliphatic heterocycles. The number of rotatable bonds is 5. The first-order valence-corrected chi connectivity index (χ1v) is 8.15. The van der Waals surface area contributed by atoms with Gasteiger partial charge in [-0.15, -0.1) is 16.4 Å². The number of carbonyl (C=O) groups is 1. The number of hydrogen-bond donors (Lipinski definition) is 1. The third-order valence-electron chi connectivity index (χ3n) is 4.32. The van der Waals surface area contributed by atoms with E-state index in [2.05, 4.69) is 21.6 Å². The maximum atomic E-state index is 11.1. The van der Waals surface area contributed by atoms with Crippen LogP contribution in [0.15, 0.2) is 6.07 Å². The Labute approximate surface area is 125 Å². The van der Waals surface area contributed by atoms with Gasteiger partial charge in [0.1, 0.15) is 0 Å². The summed E-state index contributed by atoms with van der Waals surface area (Å²) in [6.07, 6.45) is 5.73. The van der Waals surface area contributed by atoms with Crippen LogP contribution in [0.5, 0.6) is 0 Å². The van der Waals surface area contributed by atoms with Gasteiger partial charge in [0.2, 0.25) is 0 Å². The average molecular weight is 304 g/mol. The summed E-state index contributed by atoms with van der Waals surface area (Å²) in [6, 6.07) is 2.06. The minimum atomic E-state index is -0.790. The molecule has 0 amide bonds. The van der Waals surface area contributed by atoms with E-state index >= 15 is 0 Å². The standard InChI is InChI=1S/C14H16N4O2S/c19-13(20)7-10(8-4-5-8)18-14(15-16-17-18)12-6-9-2-1-3-11(9)21-12/h6,8,10H,1-5,7H2,(H,19,20). The third-order valence-corrected chi connectivity index (χ3v) is 5.56. The van der Waals surface area contributed by atoms with Crippen LogP contribution in [0.25, 0.3) is 10.7 Å². The van der Waals surface area contributed by atoms with Crippen LogP contribution in [0.2, 0.25) is 0 Å². The van der Waals surface area contributed by atoms with E-state index in [1.54, 1.807) is 16.0 Å². The molecular weight excluding hydrogens is 288 g/mol. The zero-order valence-corrected chi connectivity index (χ0v) is 12.3. The Bertz CT molecular complexity index is 667. The molecule has 1 atom stereocenters. The molecule has 0 spiro atoms. The molecule has 0 bridgehead atoms. The van der Waals surface area contributed by atoms with Crippen molar-refractivity contribution in [2.45, 2.75) is 44.6 Å². The van der Waals surface area contributed by atoms with Crippen molar-refractivity contribution in [3.63, 3.8) is 0 Å². The van der Waals surface area contributed by atoms with E-state index in [1.165, 1.54) is 16.9 Å². The second-order valence-corrected chi connectivity index (χ2v) is 7.00. The summed E-state index contributed by atoms with van der Waals surface area (Å²) < 4.78 is 1.74. The molecule has 2 aliphatic carbocycles. The number of hydrogen-bond acceptors (Lipinski definition) is 5. The number of aliphatic carboxylic acids is 1. The van der Waals surface area contributed by atoms with Crippen LogP contribution in [-0.4, -0.2) is 31.3 Å². The van der Waals surface area contributed by atoms with E-state index in [0.717, 1.165) is 36.4 Å². The number of tetrazole rings is 1. The molecule has 7 heteroatoms. The highest BCUT2D eigenvalue weighted by Gasteiger charge is 2.36. The SMILES string of the molecule is O=C(O)CC(C1CC1)n1nnnc1-c1cc2c(s1)CCC2. The number of carboxylic acids is 1. The van der Waals surface area contributed by atoms with Crippen molar-refractivity contribution in [1.82, 2.24) is 20.2 Å². The summed E-state index contributed by atoms with van der Waals surface area (Å²) in [5, 5.41) is 21.2. The maximum Gasteiger partial charge on any atom is 0.305 e. The molecule has 1 unspecified atom stereocenters. The van der Waals surface area contributed by atoms with Crippen molar-refractivity contribution >= 4 is 17.3 Å². The van der Waals surface area contributed by atoms with Gasteiger partial charge >= 0.3 is 5.97 Å². The highest BCUT2D eigenvalue weighted by Crippen LogP contribution is 2.43. The lowest BCUT2D eigenvalue weighted by Gasteiger charge is -2.15. The fourth-order valence-corrected chi connectivity index (χ4v) is 4.36. The normalized spacial score (nSPS) is 18.7. The van der Waals surface area contributed by atoms with Gasteiger partial charge in [0, 0.05) is 4.88 Å². The van der Waals surface area contributed by atoms with E-state index in [0.29, 0.717) is 5.92 Å². The van der Waals surface area contributed by atoms with E-state index in [1.807, 2.05) is 0 Å². The molecule has 2 aromatic heterocycles. The van der Waals surface area contributed by atoms with Crippen molar-refractivity contribution in [2.24, 2.45) is 5.92 Å². The van der Waals surface area contributed by atoms with Crippen molar-refractivity contribution < 1.29 is 9.90 Å². The highest BCUT2D eigenvalue weighted by atomic mass is 32.1. The molecule has 2 aromatic rings. The lowest BCUT2D eigenvalue weighted by Crippen LogP contribution is -2.18. The number of nitrogens with zero attached hydrogens (tertiary/aromatic N) is 4. The first-order chi connectivity index (χ1) is 10.2. The van der Waals surface area contributed by atoms with Crippen LogP contribution in [0, 0.1) is 5.92 Å². The molecule has 0 radical (unpaired) electrons. The smallest absolute Gasteiger partial charge is 0.305 e. The van der Waals surface area contributed by atoms with Gasteiger partial charge in [-0.1, -0.05) is 0 Å². The summed E-state index contributed by atoms with van der Waals surface area (Å²) in [5.74, 6) is 0.338. The molecule has 21 heavy (non-hydrogen) atoms. The van der Waals surface area contributed by atoms with Gasteiger partial charge in [0.05, 0.1) is 17.3 Å². The number of thiophene rings is 1. The van der Waals surface area contributed by atoms with Crippen LogP contribution in [0.1, 0.15) is 42.2 Å². The topological polar surface area (TPSA) is 80.9 Å². The monoisotopic (exact) mass is 304 g/mol. The third kappa shape index (κ3) is 2.35. The second kappa shape index (κ2) is 4.91. The summed E-state index contributed by atoms with van der Waals surface area (Å²) in [5.41, 5.74) is 1.41. The van der Waals surface area contributed by atoms with Crippen molar-refractivity contribution in [3.8, 4) is 10.7 Å². The van der Waals surface area contributed by atoms with E-state index in [-0.39, 0.29) is 12.5 Å². The fourth-order valence-electron chi connectivity index (χ4n) is 3.13. The minimum Gasteiger partial charge on any atom is -0.481 e. The van der Waals surface area contributed by atoms with Gasteiger partial charge in [-0.3, -0.25) is 4.79 Å². The molecule has 4 rings (SSSR count). The molecule has 0 saturated heterocycles. The Morgan fingerprint density at radius 2 is 2.33 bits per heavy atom. The lowest BCUT2D eigenvalue weighted by molar-refractivity contribution is -0.138. The molecule has 6 nitrogen and oxygen atoms in total. The Morgan fingerprint density at radius 1 is 1.48 bits per heavy atom. The van der Waals surface area contributed by atoms with Crippen LogP contribution >= 0.6 is 11.3 Å². The zero-order chi connectivity index (χ0) is 14.4. The quantitative estimate of drug-likeness (QED) is 0.916. The Hall–Kier alpha value is -1.76. The second-order valence-electron chi connectivity index (χ2n) is 5.86. The molecule has 110 valence electrons. The molecule has 2 heterocycles. The molecular formula is C14H16N4O2S.